The van der Waals surface area contributed by atoms with Gasteiger partial charge in [-0.1, -0.05) is 35.4 Å². The Kier molecular flexibility index (Phi) is 8.36. The van der Waals surface area contributed by atoms with Crippen LogP contribution >= 0.6 is 76.3 Å². The Bertz CT molecular complexity index is 1110. The minimum Gasteiger partial charge on any atom is -0.424 e. The fraction of sp³-hybridized carbons (Fsp3) is 0.545. The molecular formula is C22H22Cl6NO5PS. The standard InChI is InChI=1S/C12H8Cl6.C10H14NO5PS/c13-8-9(14)11(16)3-10(8,15)6-4-1-2-5(7(6)11)12(4,17)18;1-3-14-17(18,15-4-2)16-10-7-5-9(6-8-10)11(12)13/h1-2,4-7H,3H2;5-8H,3-4H2,1-2H3/t4-,5+,6-,7+,10+,11-;. The van der Waals surface area contributed by atoms with E-state index < -0.39 is 25.7 Å². The van der Waals surface area contributed by atoms with Crippen LogP contribution < -0.4 is 4.52 Å². The van der Waals surface area contributed by atoms with Crippen LogP contribution in [0.5, 0.6) is 5.75 Å². The van der Waals surface area contributed by atoms with Crippen molar-refractivity contribution in [3.63, 3.8) is 0 Å². The normalized spacial score (nSPS) is 35.0. The number of nitrogens with zero attached hydrogens (tertiary/aromatic N) is 1. The van der Waals surface area contributed by atoms with Gasteiger partial charge in [0.1, 0.15) is 10.1 Å². The number of halogens is 6. The average molecular weight is 656 g/mol. The average Bonchev–Trinajstić information content (AvgIpc) is 3.39. The van der Waals surface area contributed by atoms with Gasteiger partial charge in [-0.05, 0) is 44.2 Å². The SMILES string of the molecule is CCOP(=S)(OCC)Oc1ccc([N+](=O)[O-])cc1.ClC1=C(Cl)[C@@]2(Cl)C[C@]1(Cl)[C@H]1[C@@H]2[C@@H]2C=C[C@H]1C2(Cl)Cl. The predicted octanol–water partition coefficient (Wildman–Crippen LogP) is 8.54. The van der Waals surface area contributed by atoms with Crippen molar-refractivity contribution in [1.29, 1.82) is 0 Å². The molecule has 0 amide bonds. The van der Waals surface area contributed by atoms with E-state index in [1.54, 1.807) is 13.8 Å². The monoisotopic (exact) mass is 653 g/mol. The molecule has 0 aliphatic heterocycles. The van der Waals surface area contributed by atoms with Crippen LogP contribution in [0.1, 0.15) is 20.3 Å². The second-order valence-corrected chi connectivity index (χ2v) is 15.3. The maximum absolute atomic E-state index is 10.5. The van der Waals surface area contributed by atoms with Crippen molar-refractivity contribution in [2.45, 2.75) is 34.3 Å². The molecule has 0 aromatic heterocycles. The van der Waals surface area contributed by atoms with Crippen LogP contribution in [0.15, 0.2) is 46.5 Å². The summed E-state index contributed by atoms with van der Waals surface area (Å²) in [5.74, 6) is 0.513. The van der Waals surface area contributed by atoms with Crippen molar-refractivity contribution in [2.24, 2.45) is 23.7 Å². The highest BCUT2D eigenvalue weighted by atomic mass is 35.5. The summed E-state index contributed by atoms with van der Waals surface area (Å²) in [5, 5.41) is 11.5. The molecule has 14 heteroatoms. The molecule has 4 bridgehead atoms. The Morgan fingerprint density at radius 2 is 1.42 bits per heavy atom. The second-order valence-electron chi connectivity index (χ2n) is 8.82. The molecule has 1 aromatic rings. The summed E-state index contributed by atoms with van der Waals surface area (Å²) >= 11 is 44.3. The molecule has 0 saturated heterocycles. The summed E-state index contributed by atoms with van der Waals surface area (Å²) in [6.07, 6.45) is 4.67. The topological polar surface area (TPSA) is 70.8 Å². The first-order valence-electron chi connectivity index (χ1n) is 11.1. The largest absolute Gasteiger partial charge is 0.424 e. The lowest BCUT2D eigenvalue weighted by molar-refractivity contribution is -0.384. The highest BCUT2D eigenvalue weighted by molar-refractivity contribution is 8.07. The molecule has 0 heterocycles. The minimum atomic E-state index is -2.82. The zero-order valence-corrected chi connectivity index (χ0v) is 25.3. The number of alkyl halides is 4. The highest BCUT2D eigenvalue weighted by Crippen LogP contribution is 2.78. The molecule has 36 heavy (non-hydrogen) atoms. The van der Waals surface area contributed by atoms with Gasteiger partial charge in [-0.2, -0.15) is 0 Å². The van der Waals surface area contributed by atoms with Gasteiger partial charge in [-0.25, -0.2) is 0 Å². The van der Waals surface area contributed by atoms with Crippen LogP contribution in [0.25, 0.3) is 0 Å². The molecule has 4 aliphatic rings. The van der Waals surface area contributed by atoms with E-state index in [2.05, 4.69) is 12.2 Å². The molecule has 4 aliphatic carbocycles. The molecule has 198 valence electrons. The van der Waals surface area contributed by atoms with Gasteiger partial charge in [0.05, 0.1) is 37.9 Å². The zero-order valence-electron chi connectivity index (χ0n) is 19.0. The molecule has 0 radical (unpaired) electrons. The molecule has 1 aromatic carbocycles. The van der Waals surface area contributed by atoms with Gasteiger partial charge in [0, 0.05) is 35.8 Å². The molecule has 6 nitrogen and oxygen atoms in total. The summed E-state index contributed by atoms with van der Waals surface area (Å²) in [4.78, 5) is 8.61. The molecule has 5 rings (SSSR count). The Hall–Kier alpha value is 0.210. The zero-order chi connectivity index (χ0) is 26.7. The van der Waals surface area contributed by atoms with Crippen molar-refractivity contribution >= 4 is 93.8 Å². The molecule has 0 unspecified atom stereocenters. The number of fused-ring (bicyclic) bond motifs is 9. The van der Waals surface area contributed by atoms with Crippen molar-refractivity contribution < 1.29 is 18.5 Å². The third-order valence-corrected chi connectivity index (χ3v) is 12.8. The van der Waals surface area contributed by atoms with Gasteiger partial charge in [-0.3, -0.25) is 19.2 Å². The van der Waals surface area contributed by atoms with Gasteiger partial charge in [-0.15, -0.1) is 46.4 Å². The van der Waals surface area contributed by atoms with Gasteiger partial charge in [0.2, 0.25) is 0 Å². The maximum atomic E-state index is 10.5. The smallest absolute Gasteiger partial charge is 0.380 e. The number of nitro benzene ring substituents is 1. The van der Waals surface area contributed by atoms with Crippen LogP contribution in [0, 0.1) is 33.8 Å². The Labute approximate surface area is 244 Å². The van der Waals surface area contributed by atoms with Crippen molar-refractivity contribution in [1.82, 2.24) is 0 Å². The lowest BCUT2D eigenvalue weighted by atomic mass is 9.75. The third kappa shape index (κ3) is 4.64. The summed E-state index contributed by atoms with van der Waals surface area (Å²) < 4.78 is 15.2. The van der Waals surface area contributed by atoms with E-state index in [1.165, 1.54) is 24.3 Å². The number of hydrogen-bond donors (Lipinski definition) is 0. The number of benzene rings is 1. The van der Waals surface area contributed by atoms with Crippen molar-refractivity contribution in [2.75, 3.05) is 13.2 Å². The van der Waals surface area contributed by atoms with E-state index in [0.29, 0.717) is 35.4 Å². The first-order chi connectivity index (χ1) is 16.7. The fourth-order valence-electron chi connectivity index (χ4n) is 5.61. The van der Waals surface area contributed by atoms with Crippen LogP contribution in [-0.4, -0.2) is 32.2 Å². The molecule has 6 atom stereocenters. The molecule has 2 fully saturated rings. The quantitative estimate of drug-likeness (QED) is 0.0732. The maximum Gasteiger partial charge on any atom is 0.380 e. The van der Waals surface area contributed by atoms with E-state index in [0.717, 1.165) is 0 Å². The fourth-order valence-corrected chi connectivity index (χ4v) is 10.6. The minimum absolute atomic E-state index is 0.00697. The van der Waals surface area contributed by atoms with E-state index in [4.69, 9.17) is 95.0 Å². The second kappa shape index (κ2) is 10.3. The van der Waals surface area contributed by atoms with Crippen LogP contribution in [-0.2, 0) is 20.9 Å². The third-order valence-electron chi connectivity index (χ3n) is 6.91. The van der Waals surface area contributed by atoms with Crippen LogP contribution in [0.3, 0.4) is 0 Å². The van der Waals surface area contributed by atoms with Gasteiger partial charge in [0.15, 0.2) is 0 Å². The highest BCUT2D eigenvalue weighted by Gasteiger charge is 2.78. The number of hydrogen-bond acceptors (Lipinski definition) is 6. The lowest BCUT2D eigenvalue weighted by Gasteiger charge is -2.37. The number of nitro groups is 1. The summed E-state index contributed by atoms with van der Waals surface area (Å²) in [6.45, 7) is 1.52. The van der Waals surface area contributed by atoms with E-state index in [1.807, 2.05) is 0 Å². The van der Waals surface area contributed by atoms with E-state index >= 15 is 0 Å². The first kappa shape index (κ1) is 29.2. The van der Waals surface area contributed by atoms with E-state index in [-0.39, 0.29) is 29.4 Å². The summed E-state index contributed by atoms with van der Waals surface area (Å²) in [6, 6.07) is 5.62. The Morgan fingerprint density at radius 3 is 1.81 bits per heavy atom. The first-order valence-corrected chi connectivity index (χ1v) is 15.9. The molecule has 2 saturated carbocycles. The van der Waals surface area contributed by atoms with Crippen molar-refractivity contribution in [3.8, 4) is 5.75 Å². The van der Waals surface area contributed by atoms with Gasteiger partial charge >= 0.3 is 6.72 Å². The Balaban J connectivity index is 0.000000169. The lowest BCUT2D eigenvalue weighted by Crippen LogP contribution is -2.38. The van der Waals surface area contributed by atoms with Crippen LogP contribution in [0.2, 0.25) is 0 Å². The number of non-ortho nitro benzene ring substituents is 1. The van der Waals surface area contributed by atoms with E-state index in [9.17, 15) is 10.1 Å². The number of allylic oxidation sites excluding steroid dienone is 4. The summed E-state index contributed by atoms with van der Waals surface area (Å²) in [5.41, 5.74) is -0.0107. The molecule has 0 N–H and O–H groups in total. The van der Waals surface area contributed by atoms with Gasteiger partial charge in [0.25, 0.3) is 5.69 Å². The Morgan fingerprint density at radius 1 is 0.972 bits per heavy atom. The van der Waals surface area contributed by atoms with Crippen LogP contribution in [0.4, 0.5) is 5.69 Å². The molecule has 0 spiro atoms. The molecular weight excluding hydrogens is 634 g/mol. The summed E-state index contributed by atoms with van der Waals surface area (Å²) in [7, 11) is 0. The van der Waals surface area contributed by atoms with Gasteiger partial charge < -0.3 is 4.52 Å². The van der Waals surface area contributed by atoms with Crippen molar-refractivity contribution in [3.05, 3.63) is 56.6 Å². The number of rotatable bonds is 7. The predicted molar refractivity (Wildman–Crippen MR) is 149 cm³/mol.